The van der Waals surface area contributed by atoms with Crippen molar-refractivity contribution in [1.29, 1.82) is 0 Å². The van der Waals surface area contributed by atoms with Crippen LogP contribution in [0.25, 0.3) is 10.9 Å². The van der Waals surface area contributed by atoms with Crippen LogP contribution >= 0.6 is 0 Å². The fourth-order valence-corrected chi connectivity index (χ4v) is 6.50. The van der Waals surface area contributed by atoms with Crippen LogP contribution in [0.5, 0.6) is 17.2 Å². The number of aromatic amines is 1. The largest absolute Gasteiger partial charge is 0.508 e. The van der Waals surface area contributed by atoms with Crippen LogP contribution in [0.2, 0.25) is 0 Å². The smallest absolute Gasteiger partial charge is 0.190 e. The first-order valence-electron chi connectivity index (χ1n) is 16.6. The zero-order valence-corrected chi connectivity index (χ0v) is 27.4. The van der Waals surface area contributed by atoms with Crippen LogP contribution in [0.1, 0.15) is 91.8 Å². The molecule has 11 nitrogen and oxygen atoms in total. The van der Waals surface area contributed by atoms with E-state index in [1.165, 1.54) is 6.07 Å². The van der Waals surface area contributed by atoms with Gasteiger partial charge in [-0.25, -0.2) is 0 Å². The summed E-state index contributed by atoms with van der Waals surface area (Å²) in [6, 6.07) is 8.59. The van der Waals surface area contributed by atoms with E-state index in [9.17, 15) is 25.2 Å². The first kappa shape index (κ1) is 34.1. The number of hydrogen-bond acceptors (Lipinski definition) is 9. The Morgan fingerprint density at radius 2 is 1.94 bits per heavy atom. The Morgan fingerprint density at radius 3 is 2.73 bits per heavy atom. The number of ether oxygens (including phenoxy) is 2. The molecule has 0 fully saturated rings. The summed E-state index contributed by atoms with van der Waals surface area (Å²) < 4.78 is 14.3. The molecule has 4 aromatic rings. The molecule has 2 aliphatic heterocycles. The van der Waals surface area contributed by atoms with E-state index in [0.717, 1.165) is 34.0 Å². The number of nitrogens with one attached hydrogen (secondary N) is 1. The van der Waals surface area contributed by atoms with E-state index in [1.807, 2.05) is 42.2 Å². The van der Waals surface area contributed by atoms with Crippen LogP contribution in [-0.2, 0) is 17.6 Å². The molecule has 0 radical (unpaired) electrons. The molecule has 11 heteroatoms. The first-order valence-corrected chi connectivity index (χ1v) is 16.6. The number of aliphatic hydroxyl groups excluding tert-OH is 3. The molecular weight excluding hydrogens is 624 g/mol. The van der Waals surface area contributed by atoms with E-state index in [-0.39, 0.29) is 49.4 Å². The molecule has 0 spiro atoms. The minimum absolute atomic E-state index is 0.0780. The third-order valence-electron chi connectivity index (χ3n) is 9.12. The average Bonchev–Trinajstić information content (AvgIpc) is 3.66. The molecule has 5 atom stereocenters. The van der Waals surface area contributed by atoms with Crippen molar-refractivity contribution in [2.75, 3.05) is 0 Å². The highest BCUT2D eigenvalue weighted by Crippen LogP contribution is 2.40. The molecule has 0 saturated carbocycles. The second-order valence-electron chi connectivity index (χ2n) is 12.9. The zero-order valence-electron chi connectivity index (χ0n) is 27.4. The average molecular weight is 667 g/mol. The number of aromatic nitrogens is 2. The number of phenols is 1. The van der Waals surface area contributed by atoms with E-state index < -0.39 is 36.6 Å². The van der Waals surface area contributed by atoms with Crippen molar-refractivity contribution in [2.45, 2.75) is 89.0 Å². The molecule has 49 heavy (non-hydrogen) atoms. The summed E-state index contributed by atoms with van der Waals surface area (Å²) in [5.74, 6) is 9.00. The summed E-state index contributed by atoms with van der Waals surface area (Å²) in [5.41, 5.74) is 16.6. The maximum absolute atomic E-state index is 12.7. The third kappa shape index (κ3) is 7.78. The van der Waals surface area contributed by atoms with Gasteiger partial charge in [-0.05, 0) is 53.1 Å². The topological polar surface area (TPSA) is 189 Å². The van der Waals surface area contributed by atoms with Crippen LogP contribution < -0.4 is 20.9 Å². The van der Waals surface area contributed by atoms with Crippen molar-refractivity contribution in [3.8, 4) is 41.1 Å². The number of carbonyl (C=O) groups excluding carboxylic acids is 1. The molecule has 0 saturated heterocycles. The van der Waals surface area contributed by atoms with Crippen LogP contribution in [0.3, 0.4) is 0 Å². The fraction of sp³-hybridized carbons (Fsp3) is 0.395. The Hall–Kier alpha value is -4.75. The van der Waals surface area contributed by atoms with E-state index in [4.69, 9.17) is 20.9 Å². The maximum Gasteiger partial charge on any atom is 0.190 e. The summed E-state index contributed by atoms with van der Waals surface area (Å²) in [7, 11) is 0. The number of carbonyl (C=O) groups is 1. The molecule has 6 rings (SSSR count). The summed E-state index contributed by atoms with van der Waals surface area (Å²) in [4.78, 5) is 16.1. The van der Waals surface area contributed by atoms with Crippen molar-refractivity contribution < 1.29 is 34.7 Å². The van der Waals surface area contributed by atoms with Gasteiger partial charge in [0.25, 0.3) is 0 Å². The minimum atomic E-state index is -1.10. The lowest BCUT2D eigenvalue weighted by atomic mass is 9.93. The molecule has 2 aromatic carbocycles. The Kier molecular flexibility index (Phi) is 10.3. The number of nitrogens with zero attached hydrogens (tertiary/aromatic N) is 1. The number of benzene rings is 2. The molecule has 2 bridgehead atoms. The lowest BCUT2D eigenvalue weighted by Crippen LogP contribution is -2.23. The normalized spacial score (nSPS) is 19.4. The lowest BCUT2D eigenvalue weighted by Gasteiger charge is -2.26. The first-order chi connectivity index (χ1) is 23.6. The summed E-state index contributed by atoms with van der Waals surface area (Å²) >= 11 is 0. The number of aryl methyl sites for hydroxylation is 1. The number of ketones is 1. The number of H-pyrrole nitrogens is 1. The molecule has 0 aliphatic carbocycles. The number of aromatic hydroxyl groups is 1. The monoisotopic (exact) mass is 666 g/mol. The van der Waals surface area contributed by atoms with Crippen molar-refractivity contribution in [3.05, 3.63) is 76.7 Å². The highest BCUT2D eigenvalue weighted by Gasteiger charge is 2.28. The Morgan fingerprint density at radius 1 is 1.10 bits per heavy atom. The third-order valence-corrected chi connectivity index (χ3v) is 9.12. The van der Waals surface area contributed by atoms with Crippen LogP contribution in [0.15, 0.2) is 48.9 Å². The standard InChI is InChI=1S/C38H42N4O7/c1-2-4-27(43)16-29(45)17-28(44)9-6-23-15-36-35(18-34(23)47)48-12-3-5-22-8-11-33(46)30-10-7-24(37(39)40)13-25(30)14-26-19-41-32-21-42(20-31(26)32)38(22)49-36/h7,10,13,15,18-22,27,29,33,37-38,41,43,45-47H,2,4-6,9,14,16-17,39-40H2,1H3. The number of fused-ring (bicyclic) bond motifs is 5. The van der Waals surface area contributed by atoms with E-state index in [2.05, 4.69) is 28.9 Å². The second kappa shape index (κ2) is 14.8. The molecule has 256 valence electrons. The highest BCUT2D eigenvalue weighted by molar-refractivity contribution is 5.83. The predicted molar refractivity (Wildman–Crippen MR) is 183 cm³/mol. The van der Waals surface area contributed by atoms with Gasteiger partial charge in [0.05, 0.1) is 29.8 Å². The number of rotatable bonds is 10. The number of hydrogen-bond donors (Lipinski definition) is 7. The van der Waals surface area contributed by atoms with Gasteiger partial charge in [0.1, 0.15) is 23.7 Å². The number of nitrogens with two attached hydrogens (primary N) is 2. The van der Waals surface area contributed by atoms with Gasteiger partial charge in [0, 0.05) is 55.7 Å². The van der Waals surface area contributed by atoms with Gasteiger partial charge in [-0.15, -0.1) is 0 Å². The summed E-state index contributed by atoms with van der Waals surface area (Å²) in [5, 5.41) is 43.4. The summed E-state index contributed by atoms with van der Waals surface area (Å²) in [6.45, 7) is 1.95. The van der Waals surface area contributed by atoms with E-state index >= 15 is 0 Å². The van der Waals surface area contributed by atoms with Gasteiger partial charge < -0.3 is 50.9 Å². The van der Waals surface area contributed by atoms with E-state index in [1.54, 1.807) is 12.1 Å². The Bertz CT molecular complexity index is 1960. The van der Waals surface area contributed by atoms with Crippen molar-refractivity contribution in [2.24, 2.45) is 17.4 Å². The van der Waals surface area contributed by atoms with Gasteiger partial charge in [-0.3, -0.25) is 4.79 Å². The summed E-state index contributed by atoms with van der Waals surface area (Å²) in [6.07, 6.45) is 6.98. The zero-order chi connectivity index (χ0) is 34.7. The molecule has 0 amide bonds. The Balaban J connectivity index is 1.31. The quantitative estimate of drug-likeness (QED) is 0.0970. The minimum Gasteiger partial charge on any atom is -0.508 e. The molecule has 9 N–H and O–H groups in total. The number of aliphatic hydroxyl groups is 3. The Labute approximate surface area is 284 Å². The van der Waals surface area contributed by atoms with Crippen LogP contribution in [-0.4, -0.2) is 48.0 Å². The van der Waals surface area contributed by atoms with Gasteiger partial charge in [0.15, 0.2) is 17.7 Å². The predicted octanol–water partition coefficient (Wildman–Crippen LogP) is 3.97. The van der Waals surface area contributed by atoms with Crippen LogP contribution in [0.4, 0.5) is 0 Å². The van der Waals surface area contributed by atoms with Crippen molar-refractivity contribution in [1.82, 2.24) is 9.55 Å². The highest BCUT2D eigenvalue weighted by atomic mass is 16.5. The molecule has 4 heterocycles. The van der Waals surface area contributed by atoms with Crippen LogP contribution in [0, 0.1) is 29.8 Å². The van der Waals surface area contributed by atoms with Gasteiger partial charge >= 0.3 is 0 Å². The maximum atomic E-state index is 12.7. The molecule has 2 aliphatic rings. The fourth-order valence-electron chi connectivity index (χ4n) is 6.50. The lowest BCUT2D eigenvalue weighted by molar-refractivity contribution is -0.121. The molecule has 2 aromatic heterocycles. The number of phenolic OH excluding ortho intramolecular Hbond substituents is 1. The second-order valence-corrected chi connectivity index (χ2v) is 12.9. The molecular formula is C38H42N4O7. The molecule has 5 unspecified atom stereocenters. The SMILES string of the molecule is CCCC(O)CC(O)CC(=O)CCc1cc2c(cc1O)OC#CCC1C#CC(O)c3ccc(C(N)N)cc3Cc3c[nH]c4cn(cc34)C1O2. The van der Waals surface area contributed by atoms with Crippen molar-refractivity contribution in [3.63, 3.8) is 0 Å². The van der Waals surface area contributed by atoms with Gasteiger partial charge in [-0.2, -0.15) is 0 Å². The van der Waals surface area contributed by atoms with Gasteiger partial charge in [0.2, 0.25) is 0 Å². The number of Topliss-reactive ketones (excluding diaryl/α,β-unsaturated/α-hetero) is 1. The van der Waals surface area contributed by atoms with Gasteiger partial charge in [-0.1, -0.05) is 49.3 Å². The van der Waals surface area contributed by atoms with Crippen molar-refractivity contribution >= 4 is 16.7 Å². The van der Waals surface area contributed by atoms with E-state index in [0.29, 0.717) is 29.7 Å².